The van der Waals surface area contributed by atoms with Gasteiger partial charge in [0.05, 0.1) is 5.69 Å². The Bertz CT molecular complexity index is 475. The zero-order valence-electron chi connectivity index (χ0n) is 8.31. The first-order chi connectivity index (χ1) is 7.15. The fourth-order valence-electron chi connectivity index (χ4n) is 1.33. The topological polar surface area (TPSA) is 90.7 Å². The molecule has 5 nitrogen and oxygen atoms in total. The van der Waals surface area contributed by atoms with Gasteiger partial charge in [-0.2, -0.15) is 4.98 Å². The van der Waals surface area contributed by atoms with Gasteiger partial charge in [0.25, 0.3) is 0 Å². The minimum absolute atomic E-state index is 0.173. The number of aromatic nitrogens is 3. The van der Waals surface area contributed by atoms with Crippen molar-refractivity contribution >= 4 is 11.8 Å². The summed E-state index contributed by atoms with van der Waals surface area (Å²) in [5.41, 5.74) is 13.7. The van der Waals surface area contributed by atoms with E-state index >= 15 is 0 Å². The Labute approximate surface area is 87.2 Å². The van der Waals surface area contributed by atoms with Gasteiger partial charge in [-0.25, -0.2) is 4.98 Å². The van der Waals surface area contributed by atoms with Gasteiger partial charge in [-0.15, -0.1) is 0 Å². The third kappa shape index (κ3) is 2.01. The van der Waals surface area contributed by atoms with Crippen LogP contribution in [0, 0.1) is 6.92 Å². The second kappa shape index (κ2) is 3.53. The highest BCUT2D eigenvalue weighted by Crippen LogP contribution is 2.19. The Morgan fingerprint density at radius 3 is 2.53 bits per heavy atom. The zero-order chi connectivity index (χ0) is 10.8. The highest BCUT2D eigenvalue weighted by atomic mass is 15.0. The summed E-state index contributed by atoms with van der Waals surface area (Å²) in [6.07, 6.45) is 3.49. The van der Waals surface area contributed by atoms with Crippen LogP contribution in [0.1, 0.15) is 5.56 Å². The molecule has 0 saturated heterocycles. The second-order valence-electron chi connectivity index (χ2n) is 3.29. The fourth-order valence-corrected chi connectivity index (χ4v) is 1.33. The molecule has 15 heavy (non-hydrogen) atoms. The maximum atomic E-state index is 5.58. The summed E-state index contributed by atoms with van der Waals surface area (Å²) >= 11 is 0. The fraction of sp³-hybridized carbons (Fsp3) is 0.100. The first-order valence-electron chi connectivity index (χ1n) is 4.47. The average molecular weight is 201 g/mol. The number of aryl methyl sites for hydroxylation is 1. The van der Waals surface area contributed by atoms with E-state index in [2.05, 4.69) is 15.0 Å². The van der Waals surface area contributed by atoms with Gasteiger partial charge in [0, 0.05) is 24.0 Å². The zero-order valence-corrected chi connectivity index (χ0v) is 8.31. The molecule has 0 aliphatic carbocycles. The smallest absolute Gasteiger partial charge is 0.222 e. The first kappa shape index (κ1) is 9.39. The van der Waals surface area contributed by atoms with Crippen LogP contribution >= 0.6 is 0 Å². The molecule has 2 aromatic heterocycles. The molecule has 0 spiro atoms. The van der Waals surface area contributed by atoms with Crippen LogP contribution in [-0.2, 0) is 0 Å². The van der Waals surface area contributed by atoms with Crippen molar-refractivity contribution in [3.63, 3.8) is 0 Å². The van der Waals surface area contributed by atoms with E-state index in [1.165, 1.54) is 0 Å². The molecule has 0 aromatic carbocycles. The molecule has 2 aromatic rings. The highest BCUT2D eigenvalue weighted by molar-refractivity contribution is 5.62. The predicted octanol–water partition coefficient (Wildman–Crippen LogP) is 1.01. The minimum Gasteiger partial charge on any atom is -0.384 e. The summed E-state index contributed by atoms with van der Waals surface area (Å²) in [6.45, 7) is 1.96. The molecule has 76 valence electrons. The van der Waals surface area contributed by atoms with Gasteiger partial charge in [0.1, 0.15) is 5.82 Å². The Hall–Kier alpha value is -2.17. The normalized spacial score (nSPS) is 10.2. The second-order valence-corrected chi connectivity index (χ2v) is 3.29. The molecule has 0 atom stereocenters. The quantitative estimate of drug-likeness (QED) is 0.718. The number of nitrogens with zero attached hydrogens (tertiary/aromatic N) is 3. The maximum absolute atomic E-state index is 5.58. The number of pyridine rings is 1. The van der Waals surface area contributed by atoms with Gasteiger partial charge in [0.15, 0.2) is 0 Å². The van der Waals surface area contributed by atoms with E-state index in [-0.39, 0.29) is 5.95 Å². The Morgan fingerprint density at radius 1 is 1.07 bits per heavy atom. The third-order valence-electron chi connectivity index (χ3n) is 1.93. The third-order valence-corrected chi connectivity index (χ3v) is 1.93. The summed E-state index contributed by atoms with van der Waals surface area (Å²) in [4.78, 5) is 12.0. The Kier molecular flexibility index (Phi) is 2.21. The molecule has 0 aliphatic rings. The van der Waals surface area contributed by atoms with Crippen LogP contribution in [0.25, 0.3) is 11.3 Å². The standard InChI is InChI=1S/C10H11N5/c1-6-2-7(5-13-4-6)8-3-9(11)15-10(12)14-8/h2-5H,1H3,(H4,11,12,14,15). The molecule has 2 rings (SSSR count). The molecule has 0 amide bonds. The van der Waals surface area contributed by atoms with Gasteiger partial charge in [0.2, 0.25) is 5.95 Å². The van der Waals surface area contributed by atoms with Crippen molar-refractivity contribution in [3.05, 3.63) is 30.1 Å². The number of hydrogen-bond donors (Lipinski definition) is 2. The summed E-state index contributed by atoms with van der Waals surface area (Å²) in [5, 5.41) is 0. The van der Waals surface area contributed by atoms with E-state index in [9.17, 15) is 0 Å². The molecule has 0 radical (unpaired) electrons. The number of nitrogen functional groups attached to an aromatic ring is 2. The molecule has 0 saturated carbocycles. The van der Waals surface area contributed by atoms with Crippen LogP contribution in [-0.4, -0.2) is 15.0 Å². The number of rotatable bonds is 1. The van der Waals surface area contributed by atoms with Crippen LogP contribution < -0.4 is 11.5 Å². The Balaban J connectivity index is 2.54. The molecule has 2 heterocycles. The number of anilines is 2. The van der Waals surface area contributed by atoms with Crippen molar-refractivity contribution in [3.8, 4) is 11.3 Å². The van der Waals surface area contributed by atoms with E-state index in [1.54, 1.807) is 18.5 Å². The predicted molar refractivity (Wildman–Crippen MR) is 58.8 cm³/mol. The molecule has 0 fully saturated rings. The lowest BCUT2D eigenvalue weighted by atomic mass is 10.1. The van der Waals surface area contributed by atoms with E-state index in [0.717, 1.165) is 11.1 Å². The van der Waals surface area contributed by atoms with Crippen molar-refractivity contribution in [2.45, 2.75) is 6.92 Å². The maximum Gasteiger partial charge on any atom is 0.222 e. The van der Waals surface area contributed by atoms with Gasteiger partial charge in [-0.05, 0) is 18.6 Å². The van der Waals surface area contributed by atoms with Gasteiger partial charge in [-0.3, -0.25) is 4.98 Å². The van der Waals surface area contributed by atoms with E-state index in [1.807, 2.05) is 13.0 Å². The lowest BCUT2D eigenvalue weighted by Gasteiger charge is -2.03. The van der Waals surface area contributed by atoms with Crippen molar-refractivity contribution in [2.24, 2.45) is 0 Å². The highest BCUT2D eigenvalue weighted by Gasteiger charge is 2.03. The molecule has 0 aliphatic heterocycles. The van der Waals surface area contributed by atoms with Gasteiger partial charge < -0.3 is 11.5 Å². The minimum atomic E-state index is 0.173. The first-order valence-corrected chi connectivity index (χ1v) is 4.47. The van der Waals surface area contributed by atoms with Crippen LogP contribution in [0.15, 0.2) is 24.5 Å². The van der Waals surface area contributed by atoms with Gasteiger partial charge in [-0.1, -0.05) is 0 Å². The molecule has 4 N–H and O–H groups in total. The Morgan fingerprint density at radius 2 is 1.87 bits per heavy atom. The van der Waals surface area contributed by atoms with Crippen LogP contribution in [0.3, 0.4) is 0 Å². The van der Waals surface area contributed by atoms with Crippen LogP contribution in [0.2, 0.25) is 0 Å². The summed E-state index contributed by atoms with van der Waals surface area (Å²) in [7, 11) is 0. The van der Waals surface area contributed by atoms with E-state index in [4.69, 9.17) is 11.5 Å². The number of hydrogen-bond acceptors (Lipinski definition) is 5. The van der Waals surface area contributed by atoms with Crippen molar-refractivity contribution in [1.82, 2.24) is 15.0 Å². The molecular weight excluding hydrogens is 190 g/mol. The average Bonchev–Trinajstić information content (AvgIpc) is 2.16. The number of nitrogens with two attached hydrogens (primary N) is 2. The molecular formula is C10H11N5. The summed E-state index contributed by atoms with van der Waals surface area (Å²) < 4.78 is 0. The van der Waals surface area contributed by atoms with Crippen LogP contribution in [0.5, 0.6) is 0 Å². The van der Waals surface area contributed by atoms with Crippen molar-refractivity contribution < 1.29 is 0 Å². The molecule has 0 unspecified atom stereocenters. The molecule has 5 heteroatoms. The SMILES string of the molecule is Cc1cncc(-c2cc(N)nc(N)n2)c1. The largest absolute Gasteiger partial charge is 0.384 e. The summed E-state index contributed by atoms with van der Waals surface area (Å²) in [5.74, 6) is 0.533. The molecule has 0 bridgehead atoms. The lowest BCUT2D eigenvalue weighted by molar-refractivity contribution is 1.18. The van der Waals surface area contributed by atoms with Gasteiger partial charge >= 0.3 is 0 Å². The summed E-state index contributed by atoms with van der Waals surface area (Å²) in [6, 6.07) is 3.64. The lowest BCUT2D eigenvalue weighted by Crippen LogP contribution is -2.00. The van der Waals surface area contributed by atoms with E-state index in [0.29, 0.717) is 11.5 Å². The van der Waals surface area contributed by atoms with Crippen molar-refractivity contribution in [1.29, 1.82) is 0 Å². The van der Waals surface area contributed by atoms with Crippen molar-refractivity contribution in [2.75, 3.05) is 11.5 Å². The van der Waals surface area contributed by atoms with Crippen LogP contribution in [0.4, 0.5) is 11.8 Å². The monoisotopic (exact) mass is 201 g/mol. The van der Waals surface area contributed by atoms with E-state index < -0.39 is 0 Å².